The van der Waals surface area contributed by atoms with Crippen molar-refractivity contribution < 1.29 is 4.52 Å². The van der Waals surface area contributed by atoms with Crippen LogP contribution in [-0.2, 0) is 13.0 Å². The number of hydrogen-bond donors (Lipinski definition) is 1. The van der Waals surface area contributed by atoms with Crippen LogP contribution in [0.2, 0.25) is 0 Å². The van der Waals surface area contributed by atoms with Crippen molar-refractivity contribution in [1.29, 1.82) is 0 Å². The molecule has 3 aromatic heterocycles. The van der Waals surface area contributed by atoms with Gasteiger partial charge in [-0.2, -0.15) is 10.1 Å². The molecule has 19 heavy (non-hydrogen) atoms. The van der Waals surface area contributed by atoms with Crippen LogP contribution in [0.25, 0.3) is 0 Å². The van der Waals surface area contributed by atoms with Crippen molar-refractivity contribution in [2.24, 2.45) is 0 Å². The summed E-state index contributed by atoms with van der Waals surface area (Å²) in [7, 11) is 0. The number of nitrogens with zero attached hydrogens (tertiary/aromatic N) is 5. The Kier molecular flexibility index (Phi) is 3.00. The normalized spacial score (nSPS) is 11.0. The highest BCUT2D eigenvalue weighted by molar-refractivity contribution is 7.09. The van der Waals surface area contributed by atoms with Crippen LogP contribution in [0.3, 0.4) is 0 Å². The van der Waals surface area contributed by atoms with Gasteiger partial charge in [0.15, 0.2) is 5.82 Å². The van der Waals surface area contributed by atoms with Gasteiger partial charge in [0.1, 0.15) is 6.54 Å². The molecule has 0 spiro atoms. The summed E-state index contributed by atoms with van der Waals surface area (Å²) in [5, 5.41) is 11.0. The summed E-state index contributed by atoms with van der Waals surface area (Å²) in [6, 6.07) is 0. The zero-order chi connectivity index (χ0) is 13.2. The van der Waals surface area contributed by atoms with Crippen LogP contribution in [0.5, 0.6) is 0 Å². The van der Waals surface area contributed by atoms with Crippen LogP contribution in [0, 0.1) is 6.92 Å². The fraction of sp³-hybridized carbons (Fsp3) is 0.273. The van der Waals surface area contributed by atoms with Crippen molar-refractivity contribution in [2.75, 3.05) is 5.73 Å². The number of hydrogen-bond acceptors (Lipinski definition) is 7. The summed E-state index contributed by atoms with van der Waals surface area (Å²) in [4.78, 5) is 8.67. The molecule has 98 valence electrons. The summed E-state index contributed by atoms with van der Waals surface area (Å²) >= 11 is 1.61. The quantitative estimate of drug-likeness (QED) is 0.770. The van der Waals surface area contributed by atoms with E-state index in [4.69, 9.17) is 10.3 Å². The Hall–Kier alpha value is -2.22. The molecule has 0 saturated heterocycles. The van der Waals surface area contributed by atoms with Crippen LogP contribution in [0.15, 0.2) is 22.3 Å². The molecule has 0 aromatic carbocycles. The molecule has 7 nitrogen and oxygen atoms in total. The summed E-state index contributed by atoms with van der Waals surface area (Å²) in [6.07, 6.45) is 3.87. The highest BCUT2D eigenvalue weighted by atomic mass is 32.1. The first kappa shape index (κ1) is 11.8. The van der Waals surface area contributed by atoms with Gasteiger partial charge in [0.2, 0.25) is 5.89 Å². The van der Waals surface area contributed by atoms with Crippen molar-refractivity contribution in [3.63, 3.8) is 0 Å². The van der Waals surface area contributed by atoms with Gasteiger partial charge in [-0.1, -0.05) is 5.16 Å². The van der Waals surface area contributed by atoms with Crippen LogP contribution in [0.1, 0.15) is 22.4 Å². The molecule has 0 aliphatic carbocycles. The van der Waals surface area contributed by atoms with Gasteiger partial charge in [0.05, 0.1) is 29.0 Å². The fourth-order valence-electron chi connectivity index (χ4n) is 1.68. The molecule has 0 fully saturated rings. The van der Waals surface area contributed by atoms with E-state index in [1.54, 1.807) is 28.4 Å². The molecule has 8 heteroatoms. The Morgan fingerprint density at radius 3 is 3.00 bits per heavy atom. The minimum atomic E-state index is 0.417. The minimum Gasteiger partial charge on any atom is -0.396 e. The lowest BCUT2D eigenvalue weighted by Gasteiger charge is -1.93. The van der Waals surface area contributed by atoms with Crippen molar-refractivity contribution >= 4 is 17.0 Å². The number of nitrogens with two attached hydrogens (primary N) is 1. The molecule has 2 N–H and O–H groups in total. The van der Waals surface area contributed by atoms with Crippen LogP contribution < -0.4 is 5.73 Å². The predicted octanol–water partition coefficient (Wildman–Crippen LogP) is 1.25. The molecular weight excluding hydrogens is 264 g/mol. The van der Waals surface area contributed by atoms with Crippen LogP contribution in [0.4, 0.5) is 5.69 Å². The number of rotatable bonds is 4. The number of aryl methyl sites for hydroxylation is 1. The Balaban J connectivity index is 1.69. The van der Waals surface area contributed by atoms with Crippen LogP contribution in [-0.4, -0.2) is 24.9 Å². The van der Waals surface area contributed by atoms with Gasteiger partial charge in [-0.25, -0.2) is 4.98 Å². The van der Waals surface area contributed by atoms with Gasteiger partial charge in [-0.05, 0) is 6.92 Å². The number of anilines is 1. The third kappa shape index (κ3) is 2.79. The molecular formula is C11H12N6OS. The maximum atomic E-state index is 5.58. The van der Waals surface area contributed by atoms with E-state index < -0.39 is 0 Å². The molecule has 0 bridgehead atoms. The van der Waals surface area contributed by atoms with E-state index in [9.17, 15) is 0 Å². The standard InChI is InChI=1S/C11H12N6OS/c1-7-14-9(6-19-7)2-10-15-11(18-16-10)5-17-4-8(12)3-13-17/h3-4,6H,2,5,12H2,1H3. The maximum Gasteiger partial charge on any atom is 0.248 e. The molecule has 0 saturated carbocycles. The van der Waals surface area contributed by atoms with Gasteiger partial charge in [0.25, 0.3) is 0 Å². The average Bonchev–Trinajstić information content (AvgIpc) is 3.05. The molecule has 3 aromatic rings. The van der Waals surface area contributed by atoms with Gasteiger partial charge in [0, 0.05) is 11.6 Å². The van der Waals surface area contributed by atoms with E-state index in [-0.39, 0.29) is 0 Å². The lowest BCUT2D eigenvalue weighted by molar-refractivity contribution is 0.362. The van der Waals surface area contributed by atoms with Gasteiger partial charge in [-0.15, -0.1) is 11.3 Å². The minimum absolute atomic E-state index is 0.417. The topological polar surface area (TPSA) is 95.7 Å². The van der Waals surface area contributed by atoms with Crippen molar-refractivity contribution in [3.8, 4) is 0 Å². The second-order valence-electron chi connectivity index (χ2n) is 4.11. The summed E-state index contributed by atoms with van der Waals surface area (Å²) in [5.74, 6) is 1.13. The second kappa shape index (κ2) is 4.81. The highest BCUT2D eigenvalue weighted by Gasteiger charge is 2.09. The van der Waals surface area contributed by atoms with E-state index >= 15 is 0 Å². The van der Waals surface area contributed by atoms with Gasteiger partial charge < -0.3 is 10.3 Å². The van der Waals surface area contributed by atoms with Crippen molar-refractivity contribution in [1.82, 2.24) is 24.9 Å². The van der Waals surface area contributed by atoms with E-state index in [1.165, 1.54) is 0 Å². The molecule has 0 aliphatic heterocycles. The lowest BCUT2D eigenvalue weighted by atomic mass is 10.3. The van der Waals surface area contributed by atoms with E-state index in [1.807, 2.05) is 12.3 Å². The molecule has 0 radical (unpaired) electrons. The Labute approximate surface area is 113 Å². The van der Waals surface area contributed by atoms with E-state index in [2.05, 4.69) is 20.2 Å². The first-order chi connectivity index (χ1) is 9.19. The number of thiazole rings is 1. The Bertz CT molecular complexity index is 628. The predicted molar refractivity (Wildman–Crippen MR) is 69.7 cm³/mol. The molecule has 3 heterocycles. The first-order valence-corrected chi connectivity index (χ1v) is 6.57. The monoisotopic (exact) mass is 276 g/mol. The first-order valence-electron chi connectivity index (χ1n) is 5.69. The maximum absolute atomic E-state index is 5.58. The average molecular weight is 276 g/mol. The largest absolute Gasteiger partial charge is 0.396 e. The van der Waals surface area contributed by atoms with Crippen molar-refractivity contribution in [3.05, 3.63) is 40.2 Å². The smallest absolute Gasteiger partial charge is 0.248 e. The van der Waals surface area contributed by atoms with E-state index in [0.29, 0.717) is 30.4 Å². The zero-order valence-corrected chi connectivity index (χ0v) is 11.1. The van der Waals surface area contributed by atoms with Gasteiger partial charge in [-0.3, -0.25) is 4.68 Å². The van der Waals surface area contributed by atoms with E-state index in [0.717, 1.165) is 10.7 Å². The molecule has 0 atom stereocenters. The summed E-state index contributed by atoms with van der Waals surface area (Å²) < 4.78 is 6.82. The van der Waals surface area contributed by atoms with Crippen molar-refractivity contribution in [2.45, 2.75) is 19.9 Å². The van der Waals surface area contributed by atoms with Crippen LogP contribution >= 0.6 is 11.3 Å². The summed E-state index contributed by atoms with van der Waals surface area (Å²) in [5.41, 5.74) is 7.15. The highest BCUT2D eigenvalue weighted by Crippen LogP contribution is 2.12. The molecule has 0 amide bonds. The second-order valence-corrected chi connectivity index (χ2v) is 5.17. The molecule has 0 unspecified atom stereocenters. The SMILES string of the molecule is Cc1nc(Cc2noc(Cn3cc(N)cn3)n2)cs1. The molecule has 3 rings (SSSR count). The van der Waals surface area contributed by atoms with Gasteiger partial charge >= 0.3 is 0 Å². The number of nitrogen functional groups attached to an aromatic ring is 1. The summed E-state index contributed by atoms with van der Waals surface area (Å²) in [6.45, 7) is 2.39. The number of aromatic nitrogens is 5. The molecule has 0 aliphatic rings. The Morgan fingerprint density at radius 1 is 1.42 bits per heavy atom. The lowest BCUT2D eigenvalue weighted by Crippen LogP contribution is -2.00. The third-order valence-corrected chi connectivity index (χ3v) is 3.29. The third-order valence-electron chi connectivity index (χ3n) is 2.47. The zero-order valence-electron chi connectivity index (χ0n) is 10.3. The Morgan fingerprint density at radius 2 is 2.32 bits per heavy atom. The fourth-order valence-corrected chi connectivity index (χ4v) is 2.29.